The van der Waals surface area contributed by atoms with Crippen molar-refractivity contribution in [1.29, 1.82) is 0 Å². The van der Waals surface area contributed by atoms with Gasteiger partial charge in [-0.05, 0) is 38.5 Å². The van der Waals surface area contributed by atoms with E-state index in [1.54, 1.807) is 0 Å². The highest BCUT2D eigenvalue weighted by atomic mass is 16.7. The van der Waals surface area contributed by atoms with Crippen LogP contribution < -0.4 is 0 Å². The first-order chi connectivity index (χ1) is 5.45. The molecular weight excluding hydrogens is 140 g/mol. The van der Waals surface area contributed by atoms with Crippen LogP contribution in [0.4, 0.5) is 0 Å². The zero-order chi connectivity index (χ0) is 7.52. The lowest BCUT2D eigenvalue weighted by atomic mass is 9.96. The maximum Gasteiger partial charge on any atom is 0.147 e. The number of hydrogen-bond donors (Lipinski definition) is 0. The number of hydrogen-bond acceptors (Lipinski definition) is 2. The highest BCUT2D eigenvalue weighted by Crippen LogP contribution is 2.24. The van der Waals surface area contributed by atoms with Crippen molar-refractivity contribution in [2.45, 2.75) is 50.7 Å². The molecule has 0 aromatic carbocycles. The molecule has 2 fully saturated rings. The fourth-order valence-electron chi connectivity index (χ4n) is 1.31. The minimum atomic E-state index is 0.523. The fraction of sp³-hybridized carbons (Fsp3) is 1.00. The van der Waals surface area contributed by atoms with Crippen LogP contribution in [0, 0.1) is 0 Å². The van der Waals surface area contributed by atoms with Gasteiger partial charge in [-0.1, -0.05) is 0 Å². The van der Waals surface area contributed by atoms with Crippen molar-refractivity contribution in [3.05, 3.63) is 0 Å². The van der Waals surface area contributed by atoms with E-state index in [1.807, 2.05) is 0 Å². The van der Waals surface area contributed by atoms with E-state index < -0.39 is 0 Å². The first-order valence-corrected chi connectivity index (χ1v) is 4.68. The van der Waals surface area contributed by atoms with E-state index in [2.05, 4.69) is 0 Å². The van der Waals surface area contributed by atoms with Gasteiger partial charge in [0, 0.05) is 0 Å². The summed E-state index contributed by atoms with van der Waals surface area (Å²) in [5.74, 6) is 0. The molecule has 2 saturated carbocycles. The Kier molecular flexibility index (Phi) is 2.44. The fourth-order valence-corrected chi connectivity index (χ4v) is 1.31. The van der Waals surface area contributed by atoms with Crippen molar-refractivity contribution in [3.63, 3.8) is 0 Å². The summed E-state index contributed by atoms with van der Waals surface area (Å²) in [7, 11) is 0. The Morgan fingerprint density at radius 2 is 1.27 bits per heavy atom. The molecule has 0 aromatic heterocycles. The normalized spacial score (nSPS) is 26.2. The van der Waals surface area contributed by atoms with Crippen molar-refractivity contribution < 1.29 is 9.47 Å². The van der Waals surface area contributed by atoms with Crippen molar-refractivity contribution in [2.75, 3.05) is 6.79 Å². The van der Waals surface area contributed by atoms with Crippen LogP contribution in [0.3, 0.4) is 0 Å². The average Bonchev–Trinajstić information content (AvgIpc) is 1.79. The second kappa shape index (κ2) is 3.55. The Bertz CT molecular complexity index is 103. The molecule has 0 aliphatic heterocycles. The lowest BCUT2D eigenvalue weighted by Gasteiger charge is -2.29. The largest absolute Gasteiger partial charge is 0.352 e. The molecule has 2 aliphatic rings. The second-order valence-electron chi connectivity index (χ2n) is 3.56. The second-order valence-corrected chi connectivity index (χ2v) is 3.56. The van der Waals surface area contributed by atoms with Gasteiger partial charge >= 0.3 is 0 Å². The minimum Gasteiger partial charge on any atom is -0.352 e. The van der Waals surface area contributed by atoms with Gasteiger partial charge < -0.3 is 9.47 Å². The predicted molar refractivity (Wildman–Crippen MR) is 42.3 cm³/mol. The lowest BCUT2D eigenvalue weighted by molar-refractivity contribution is -0.149. The molecule has 0 atom stereocenters. The van der Waals surface area contributed by atoms with Gasteiger partial charge in [0.05, 0.1) is 12.2 Å². The van der Waals surface area contributed by atoms with E-state index in [0.717, 1.165) is 0 Å². The van der Waals surface area contributed by atoms with E-state index in [-0.39, 0.29) is 0 Å². The molecule has 11 heavy (non-hydrogen) atoms. The number of ether oxygens (including phenoxy) is 2. The van der Waals surface area contributed by atoms with Crippen molar-refractivity contribution >= 4 is 0 Å². The van der Waals surface area contributed by atoms with Crippen molar-refractivity contribution in [3.8, 4) is 0 Å². The third-order valence-electron chi connectivity index (χ3n) is 2.71. The summed E-state index contributed by atoms with van der Waals surface area (Å²) in [5, 5.41) is 0. The van der Waals surface area contributed by atoms with Crippen LogP contribution in [0.5, 0.6) is 0 Å². The summed E-state index contributed by atoms with van der Waals surface area (Å²) >= 11 is 0. The van der Waals surface area contributed by atoms with Crippen LogP contribution in [-0.2, 0) is 9.47 Å². The third kappa shape index (κ3) is 1.94. The smallest absolute Gasteiger partial charge is 0.147 e. The molecule has 2 rings (SSSR count). The quantitative estimate of drug-likeness (QED) is 0.580. The summed E-state index contributed by atoms with van der Waals surface area (Å²) in [6.07, 6.45) is 8.71. The molecule has 0 saturated heterocycles. The van der Waals surface area contributed by atoms with Crippen molar-refractivity contribution in [2.24, 2.45) is 0 Å². The molecule has 0 heterocycles. The summed E-state index contributed by atoms with van der Waals surface area (Å²) in [4.78, 5) is 0. The van der Waals surface area contributed by atoms with E-state index in [9.17, 15) is 0 Å². The first-order valence-electron chi connectivity index (χ1n) is 4.68. The van der Waals surface area contributed by atoms with Gasteiger partial charge in [0.15, 0.2) is 0 Å². The summed E-state index contributed by atoms with van der Waals surface area (Å²) in [6, 6.07) is 0. The molecule has 2 nitrogen and oxygen atoms in total. The summed E-state index contributed by atoms with van der Waals surface area (Å²) in [5.41, 5.74) is 0. The highest BCUT2D eigenvalue weighted by molar-refractivity contribution is 4.70. The molecule has 0 unspecified atom stereocenters. The van der Waals surface area contributed by atoms with Gasteiger partial charge in [0.1, 0.15) is 6.79 Å². The molecule has 0 bridgehead atoms. The van der Waals surface area contributed by atoms with Gasteiger partial charge in [-0.25, -0.2) is 0 Å². The Balaban J connectivity index is 1.46. The van der Waals surface area contributed by atoms with Crippen LogP contribution in [-0.4, -0.2) is 19.0 Å². The van der Waals surface area contributed by atoms with Gasteiger partial charge in [-0.15, -0.1) is 0 Å². The SMILES string of the molecule is C1CC(OCOC2CCC2)C1. The minimum absolute atomic E-state index is 0.523. The molecule has 0 amide bonds. The third-order valence-corrected chi connectivity index (χ3v) is 2.71. The Hall–Kier alpha value is -0.0800. The van der Waals surface area contributed by atoms with Gasteiger partial charge in [-0.2, -0.15) is 0 Å². The molecule has 0 radical (unpaired) electrons. The molecule has 0 N–H and O–H groups in total. The van der Waals surface area contributed by atoms with E-state index >= 15 is 0 Å². The molecular formula is C9H16O2. The molecule has 2 heteroatoms. The standard InChI is InChI=1S/C9H16O2/c1-3-8(4-1)10-7-11-9-5-2-6-9/h8-9H,1-7H2. The van der Waals surface area contributed by atoms with Crippen molar-refractivity contribution in [1.82, 2.24) is 0 Å². The van der Waals surface area contributed by atoms with Crippen LogP contribution in [0.15, 0.2) is 0 Å². The van der Waals surface area contributed by atoms with Crippen LogP contribution in [0.1, 0.15) is 38.5 Å². The van der Waals surface area contributed by atoms with E-state index in [0.29, 0.717) is 19.0 Å². The molecule has 2 aliphatic carbocycles. The van der Waals surface area contributed by atoms with Gasteiger partial charge in [0.25, 0.3) is 0 Å². The van der Waals surface area contributed by atoms with Gasteiger partial charge in [-0.3, -0.25) is 0 Å². The topological polar surface area (TPSA) is 18.5 Å². The maximum absolute atomic E-state index is 5.46. The highest BCUT2D eigenvalue weighted by Gasteiger charge is 2.20. The molecule has 0 spiro atoms. The van der Waals surface area contributed by atoms with E-state index in [4.69, 9.17) is 9.47 Å². The zero-order valence-corrected chi connectivity index (χ0v) is 6.92. The lowest BCUT2D eigenvalue weighted by Crippen LogP contribution is -2.27. The zero-order valence-electron chi connectivity index (χ0n) is 6.92. The summed E-state index contributed by atoms with van der Waals surface area (Å²) < 4.78 is 10.9. The van der Waals surface area contributed by atoms with Crippen LogP contribution >= 0.6 is 0 Å². The van der Waals surface area contributed by atoms with Crippen LogP contribution in [0.25, 0.3) is 0 Å². The van der Waals surface area contributed by atoms with Gasteiger partial charge in [0.2, 0.25) is 0 Å². The molecule has 64 valence electrons. The Morgan fingerprint density at radius 1 is 0.818 bits per heavy atom. The maximum atomic E-state index is 5.46. The number of rotatable bonds is 4. The first kappa shape index (κ1) is 7.56. The summed E-state index contributed by atoms with van der Waals surface area (Å²) in [6.45, 7) is 0.537. The van der Waals surface area contributed by atoms with E-state index in [1.165, 1.54) is 38.5 Å². The predicted octanol–water partition coefficient (Wildman–Crippen LogP) is 2.08. The molecule has 0 aromatic rings. The monoisotopic (exact) mass is 156 g/mol. The Morgan fingerprint density at radius 3 is 1.55 bits per heavy atom. The Labute approximate surface area is 67.9 Å². The van der Waals surface area contributed by atoms with Crippen LogP contribution in [0.2, 0.25) is 0 Å². The average molecular weight is 156 g/mol.